The van der Waals surface area contributed by atoms with Gasteiger partial charge in [0.25, 0.3) is 0 Å². The Morgan fingerprint density at radius 2 is 0.547 bits per heavy atom. The number of rotatable bonds is 16. The largest absolute Gasteiger partial charge is 1.00 e. The molecule has 412 valence electrons. The molecule has 8 rings (SSSR count). The minimum absolute atomic E-state index is 0. The molecule has 0 heterocycles. The van der Waals surface area contributed by atoms with E-state index in [4.69, 9.17) is 0 Å². The van der Waals surface area contributed by atoms with Gasteiger partial charge in [0.1, 0.15) is 60.7 Å². The normalized spacial score (nSPS) is 12.4. The van der Waals surface area contributed by atoms with Crippen molar-refractivity contribution in [3.63, 3.8) is 0 Å². The van der Waals surface area contributed by atoms with E-state index in [9.17, 15) is 77.8 Å². The van der Waals surface area contributed by atoms with Gasteiger partial charge >= 0.3 is 177 Å². The van der Waals surface area contributed by atoms with Crippen LogP contribution in [-0.2, 0) is 60.7 Å². The molecular formula is C48H30N8Na6O18S6. The van der Waals surface area contributed by atoms with Gasteiger partial charge in [-0.3, -0.25) is 0 Å². The Bertz CT molecular complexity index is 4530. The molecular weight excluding hydrogens is 1310 g/mol. The van der Waals surface area contributed by atoms with Crippen LogP contribution in [0.3, 0.4) is 0 Å². The maximum atomic E-state index is 12.4. The molecule has 0 aromatic heterocycles. The molecule has 0 radical (unpaired) electrons. The predicted molar refractivity (Wildman–Crippen MR) is 277 cm³/mol. The summed E-state index contributed by atoms with van der Waals surface area (Å²) in [4.78, 5) is -4.86. The molecule has 8 aromatic rings. The van der Waals surface area contributed by atoms with Gasteiger partial charge in [0, 0.05) is 21.5 Å². The third-order valence-electron chi connectivity index (χ3n) is 11.3. The van der Waals surface area contributed by atoms with Gasteiger partial charge in [0.05, 0.1) is 74.9 Å². The van der Waals surface area contributed by atoms with Crippen molar-refractivity contribution < 1.29 is 255 Å². The Kier molecular flexibility index (Phi) is 29.7. The quantitative estimate of drug-likeness (QED) is 0.0375. The van der Waals surface area contributed by atoms with Crippen molar-refractivity contribution in [2.75, 3.05) is 0 Å². The van der Waals surface area contributed by atoms with E-state index in [1.54, 1.807) is 13.8 Å². The van der Waals surface area contributed by atoms with Gasteiger partial charge in [0.15, 0.2) is 0 Å². The Labute approximate surface area is 625 Å². The molecule has 38 heteroatoms. The summed E-state index contributed by atoms with van der Waals surface area (Å²) in [6, 6.07) is 25.4. The van der Waals surface area contributed by atoms with Crippen molar-refractivity contribution in [1.29, 1.82) is 0 Å². The molecule has 0 atom stereocenters. The summed E-state index contributed by atoms with van der Waals surface area (Å²) in [6.45, 7) is 3.13. The fourth-order valence-corrected chi connectivity index (χ4v) is 11.9. The molecule has 0 aliphatic rings. The van der Waals surface area contributed by atoms with E-state index in [0.29, 0.717) is 11.1 Å². The van der Waals surface area contributed by atoms with Crippen molar-refractivity contribution >= 4 is 140 Å². The first-order valence-corrected chi connectivity index (χ1v) is 30.4. The summed E-state index contributed by atoms with van der Waals surface area (Å²) in [6.07, 6.45) is 2.13. The summed E-state index contributed by atoms with van der Waals surface area (Å²) < 4.78 is 218. The third-order valence-corrected chi connectivity index (χ3v) is 16.7. The number of fused-ring (bicyclic) bond motifs is 2. The standard InChI is InChI=1S/C48H36N8O18S6.6Na/c1-27-19-31(15-17-41(27)55-53-35-21-39-37(47(25-35)79(69,70)71)5-3-7-43(39)75(57,58)59)49-51-33-13-11-29(45(23-33)77(63,64)65)9-10-30-12-14-34(24-46(30)78(66,67)68)52-50-32-16-18-42(28(2)20-32)56-54-36-22-40-38(48(26-36)80(72,73)74)6-4-8-44(40)76(60,61)62;;;;;;/h3-26H,1-2H3,(H,57,58,59)(H,60,61,62)(H,63,64,65)(H,66,67,68)(H,69,70,71)(H,72,73,74);;;;;;/q;6*+1/p-6. The molecule has 0 unspecified atom stereocenters. The molecule has 26 nitrogen and oxygen atoms in total. The van der Waals surface area contributed by atoms with Crippen LogP contribution in [0.25, 0.3) is 33.7 Å². The molecule has 0 N–H and O–H groups in total. The second-order valence-corrected chi connectivity index (χ2v) is 24.9. The van der Waals surface area contributed by atoms with E-state index in [1.165, 1.54) is 60.7 Å². The first kappa shape index (κ1) is 80.0. The molecule has 0 bridgehead atoms. The molecule has 0 saturated carbocycles. The monoisotopic (exact) mass is 1340 g/mol. The molecule has 0 aliphatic carbocycles. The van der Waals surface area contributed by atoms with Gasteiger partial charge in [-0.2, -0.15) is 40.9 Å². The number of azo groups is 4. The first-order valence-electron chi connectivity index (χ1n) is 22.0. The summed E-state index contributed by atoms with van der Waals surface area (Å²) in [5.41, 5.74) is 0.220. The summed E-state index contributed by atoms with van der Waals surface area (Å²) in [5.74, 6) is 0. The van der Waals surface area contributed by atoms with Crippen LogP contribution >= 0.6 is 0 Å². The van der Waals surface area contributed by atoms with Gasteiger partial charge in [0.2, 0.25) is 0 Å². The van der Waals surface area contributed by atoms with Crippen LogP contribution in [0.2, 0.25) is 0 Å². The van der Waals surface area contributed by atoms with Crippen molar-refractivity contribution in [2.45, 2.75) is 43.2 Å². The maximum absolute atomic E-state index is 12.4. The summed E-state index contributed by atoms with van der Waals surface area (Å²) in [7, 11) is -31.1. The average Bonchev–Trinajstić information content (AvgIpc) is 3.51. The van der Waals surface area contributed by atoms with Crippen LogP contribution in [0.1, 0.15) is 22.3 Å². The predicted octanol–water partition coefficient (Wildman–Crippen LogP) is -8.11. The van der Waals surface area contributed by atoms with E-state index >= 15 is 0 Å². The van der Waals surface area contributed by atoms with Crippen LogP contribution in [-0.4, -0.2) is 77.8 Å². The zero-order chi connectivity index (χ0) is 58.3. The summed E-state index contributed by atoms with van der Waals surface area (Å²) >= 11 is 0. The summed E-state index contributed by atoms with van der Waals surface area (Å²) in [5, 5.41) is 30.7. The zero-order valence-electron chi connectivity index (χ0n) is 46.2. The average molecular weight is 1340 g/mol. The number of aryl methyl sites for hydroxylation is 2. The SMILES string of the molecule is Cc1cc(N=Nc2ccc(C=Cc3ccc(N=Nc4ccc(N=Nc5cc(S(=O)(=O)[O-])c6cccc(S(=O)(=O)[O-])c6c5)c(C)c4)cc3S(=O)(=O)[O-])c(S(=O)(=O)[O-])c2)ccc1N=Nc1cc(S(=O)(=O)[O-])c2cccc(S(=O)(=O)[O-])c2c1.[Na+].[Na+].[Na+].[Na+].[Na+].[Na+]. The Balaban J connectivity index is 0.00000420. The smallest absolute Gasteiger partial charge is 0.744 e. The minimum Gasteiger partial charge on any atom is -0.744 e. The molecule has 0 fully saturated rings. The van der Waals surface area contributed by atoms with Crippen LogP contribution in [0.4, 0.5) is 45.5 Å². The van der Waals surface area contributed by atoms with E-state index in [2.05, 4.69) is 40.9 Å². The van der Waals surface area contributed by atoms with Crippen LogP contribution in [0, 0.1) is 13.8 Å². The van der Waals surface area contributed by atoms with Gasteiger partial charge in [-0.25, -0.2) is 50.5 Å². The zero-order valence-corrected chi connectivity index (χ0v) is 63.1. The topological polar surface area (TPSA) is 442 Å². The molecule has 0 amide bonds. The van der Waals surface area contributed by atoms with Crippen LogP contribution < -0.4 is 177 Å². The van der Waals surface area contributed by atoms with Crippen molar-refractivity contribution in [3.8, 4) is 0 Å². The molecule has 86 heavy (non-hydrogen) atoms. The van der Waals surface area contributed by atoms with Crippen molar-refractivity contribution in [3.05, 3.63) is 156 Å². The molecule has 0 spiro atoms. The Hall–Kier alpha value is -2.12. The number of benzene rings is 8. The molecule has 0 aliphatic heterocycles. The molecule has 0 saturated heterocycles. The Morgan fingerprint density at radius 3 is 0.837 bits per heavy atom. The second kappa shape index (κ2) is 31.9. The fraction of sp³-hybridized carbons (Fsp3) is 0.0417. The van der Waals surface area contributed by atoms with Crippen LogP contribution in [0.5, 0.6) is 0 Å². The van der Waals surface area contributed by atoms with Crippen molar-refractivity contribution in [2.24, 2.45) is 40.9 Å². The van der Waals surface area contributed by atoms with Gasteiger partial charge in [-0.15, -0.1) is 0 Å². The molecule has 8 aromatic carbocycles. The minimum atomic E-state index is -5.24. The maximum Gasteiger partial charge on any atom is 1.00 e. The first-order chi connectivity index (χ1) is 37.2. The fourth-order valence-electron chi connectivity index (χ4n) is 7.72. The number of nitrogens with zero attached hydrogens (tertiary/aromatic N) is 8. The van der Waals surface area contributed by atoms with Crippen LogP contribution in [0.15, 0.2) is 204 Å². The third kappa shape index (κ3) is 20.2. The van der Waals surface area contributed by atoms with Gasteiger partial charge in [-0.05, 0) is 133 Å². The van der Waals surface area contributed by atoms with E-state index in [1.807, 2.05) is 0 Å². The second-order valence-electron chi connectivity index (χ2n) is 16.8. The Morgan fingerprint density at radius 1 is 0.279 bits per heavy atom. The van der Waals surface area contributed by atoms with Gasteiger partial charge in [-0.1, -0.05) is 48.6 Å². The van der Waals surface area contributed by atoms with E-state index in [0.717, 1.165) is 84.9 Å². The number of hydrogen-bond acceptors (Lipinski definition) is 26. The van der Waals surface area contributed by atoms with E-state index in [-0.39, 0.29) is 256 Å². The number of hydrogen-bond donors (Lipinski definition) is 0. The van der Waals surface area contributed by atoms with E-state index < -0.39 is 90.1 Å². The van der Waals surface area contributed by atoms with Gasteiger partial charge < -0.3 is 27.3 Å². The van der Waals surface area contributed by atoms with Crippen molar-refractivity contribution in [1.82, 2.24) is 0 Å².